The number of benzene rings is 2. The predicted octanol–water partition coefficient (Wildman–Crippen LogP) is 3.26. The third-order valence-corrected chi connectivity index (χ3v) is 2.78. The van der Waals surface area contributed by atoms with Crippen LogP contribution in [0.25, 0.3) is 5.57 Å². The number of carbonyl (C=O) groups excluding carboxylic acids is 1. The molecule has 18 heavy (non-hydrogen) atoms. The van der Waals surface area contributed by atoms with E-state index in [2.05, 4.69) is 0 Å². The minimum atomic E-state index is -0.469. The Bertz CT molecular complexity index is 573. The fourth-order valence-electron chi connectivity index (χ4n) is 1.72. The van der Waals surface area contributed by atoms with Gasteiger partial charge < -0.3 is 5.73 Å². The fraction of sp³-hybridized carbons (Fsp3) is 0. The van der Waals surface area contributed by atoms with E-state index in [9.17, 15) is 4.79 Å². The van der Waals surface area contributed by atoms with Crippen molar-refractivity contribution in [3.63, 3.8) is 0 Å². The molecule has 90 valence electrons. The van der Waals surface area contributed by atoms with Crippen LogP contribution in [0.2, 0.25) is 5.02 Å². The molecule has 0 heterocycles. The Morgan fingerprint density at radius 3 is 2.06 bits per heavy atom. The Labute approximate surface area is 111 Å². The van der Waals surface area contributed by atoms with Crippen molar-refractivity contribution in [2.75, 3.05) is 0 Å². The van der Waals surface area contributed by atoms with Crippen LogP contribution < -0.4 is 5.73 Å². The van der Waals surface area contributed by atoms with E-state index >= 15 is 0 Å². The van der Waals surface area contributed by atoms with Crippen LogP contribution in [0.3, 0.4) is 0 Å². The first kappa shape index (κ1) is 12.4. The van der Waals surface area contributed by atoms with E-state index in [1.807, 2.05) is 42.5 Å². The lowest BCUT2D eigenvalue weighted by Crippen LogP contribution is -2.07. The molecule has 2 rings (SSSR count). The van der Waals surface area contributed by atoms with Crippen molar-refractivity contribution in [1.82, 2.24) is 0 Å². The van der Waals surface area contributed by atoms with Crippen LogP contribution in [-0.2, 0) is 4.79 Å². The minimum Gasteiger partial charge on any atom is -0.366 e. The smallest absolute Gasteiger partial charge is 0.242 e. The highest BCUT2D eigenvalue weighted by Gasteiger charge is 2.06. The van der Waals surface area contributed by atoms with E-state index in [0.29, 0.717) is 5.02 Å². The van der Waals surface area contributed by atoms with E-state index < -0.39 is 5.91 Å². The van der Waals surface area contributed by atoms with Crippen molar-refractivity contribution in [2.45, 2.75) is 0 Å². The van der Waals surface area contributed by atoms with E-state index in [0.717, 1.165) is 16.7 Å². The predicted molar refractivity (Wildman–Crippen MR) is 74.2 cm³/mol. The van der Waals surface area contributed by atoms with Gasteiger partial charge in [-0.15, -0.1) is 0 Å². The Morgan fingerprint density at radius 1 is 0.944 bits per heavy atom. The van der Waals surface area contributed by atoms with Gasteiger partial charge in [0.15, 0.2) is 0 Å². The lowest BCUT2D eigenvalue weighted by molar-refractivity contribution is -0.113. The average molecular weight is 258 g/mol. The number of halogens is 1. The maximum absolute atomic E-state index is 11.1. The lowest BCUT2D eigenvalue weighted by Gasteiger charge is -2.07. The highest BCUT2D eigenvalue weighted by molar-refractivity contribution is 6.30. The van der Waals surface area contributed by atoms with Gasteiger partial charge in [-0.25, -0.2) is 0 Å². The second kappa shape index (κ2) is 5.52. The zero-order chi connectivity index (χ0) is 13.0. The molecule has 0 atom stereocenters. The fourth-order valence-corrected chi connectivity index (χ4v) is 1.85. The molecule has 2 aromatic carbocycles. The molecule has 2 aromatic rings. The van der Waals surface area contributed by atoms with Gasteiger partial charge in [-0.2, -0.15) is 0 Å². The van der Waals surface area contributed by atoms with E-state index in [4.69, 9.17) is 17.3 Å². The van der Waals surface area contributed by atoms with Crippen LogP contribution in [0.1, 0.15) is 11.1 Å². The summed E-state index contributed by atoms with van der Waals surface area (Å²) in [6.07, 6.45) is 1.43. The zero-order valence-corrected chi connectivity index (χ0v) is 10.4. The molecule has 3 heteroatoms. The Kier molecular flexibility index (Phi) is 3.80. The topological polar surface area (TPSA) is 43.1 Å². The van der Waals surface area contributed by atoms with Crippen LogP contribution >= 0.6 is 11.6 Å². The number of rotatable bonds is 3. The van der Waals surface area contributed by atoms with Crippen LogP contribution in [0, 0.1) is 0 Å². The summed E-state index contributed by atoms with van der Waals surface area (Å²) in [6.45, 7) is 0. The van der Waals surface area contributed by atoms with Crippen molar-refractivity contribution >= 4 is 23.1 Å². The molecule has 0 saturated heterocycles. The third kappa shape index (κ3) is 2.99. The molecule has 0 saturated carbocycles. The van der Waals surface area contributed by atoms with Gasteiger partial charge in [0.25, 0.3) is 0 Å². The maximum atomic E-state index is 11.1. The molecule has 0 aliphatic heterocycles. The summed E-state index contributed by atoms with van der Waals surface area (Å²) in [7, 11) is 0. The molecule has 0 aliphatic carbocycles. The first-order chi connectivity index (χ1) is 8.66. The summed E-state index contributed by atoms with van der Waals surface area (Å²) in [5, 5.41) is 0.658. The van der Waals surface area contributed by atoms with Gasteiger partial charge >= 0.3 is 0 Å². The van der Waals surface area contributed by atoms with Crippen molar-refractivity contribution in [2.24, 2.45) is 5.73 Å². The van der Waals surface area contributed by atoms with Crippen LogP contribution in [0.5, 0.6) is 0 Å². The van der Waals surface area contributed by atoms with Gasteiger partial charge in [-0.3, -0.25) is 4.79 Å². The number of nitrogens with two attached hydrogens (primary N) is 1. The second-order valence-electron chi connectivity index (χ2n) is 3.83. The van der Waals surface area contributed by atoms with Crippen molar-refractivity contribution in [1.29, 1.82) is 0 Å². The largest absolute Gasteiger partial charge is 0.366 e. The van der Waals surface area contributed by atoms with Crippen LogP contribution in [0.15, 0.2) is 60.7 Å². The average Bonchev–Trinajstić information content (AvgIpc) is 2.38. The molecule has 0 aliphatic rings. The molecular weight excluding hydrogens is 246 g/mol. The molecule has 2 nitrogen and oxygen atoms in total. The van der Waals surface area contributed by atoms with Gasteiger partial charge in [0, 0.05) is 11.1 Å². The molecule has 0 bridgehead atoms. The summed E-state index contributed by atoms with van der Waals surface area (Å²) >= 11 is 5.86. The monoisotopic (exact) mass is 257 g/mol. The van der Waals surface area contributed by atoms with Gasteiger partial charge in [0.2, 0.25) is 5.91 Å². The van der Waals surface area contributed by atoms with Gasteiger partial charge in [-0.1, -0.05) is 54.1 Å². The van der Waals surface area contributed by atoms with Crippen molar-refractivity contribution in [3.05, 3.63) is 76.8 Å². The maximum Gasteiger partial charge on any atom is 0.242 e. The molecule has 0 spiro atoms. The second-order valence-corrected chi connectivity index (χ2v) is 4.27. The van der Waals surface area contributed by atoms with E-state index in [1.54, 1.807) is 12.1 Å². The highest BCUT2D eigenvalue weighted by Crippen LogP contribution is 2.24. The number of amides is 1. The van der Waals surface area contributed by atoms with Gasteiger partial charge in [0.1, 0.15) is 0 Å². The zero-order valence-electron chi connectivity index (χ0n) is 9.64. The van der Waals surface area contributed by atoms with E-state index in [-0.39, 0.29) is 0 Å². The molecule has 2 N–H and O–H groups in total. The van der Waals surface area contributed by atoms with Crippen molar-refractivity contribution < 1.29 is 4.79 Å². The highest BCUT2D eigenvalue weighted by atomic mass is 35.5. The molecule has 0 fully saturated rings. The standard InChI is InChI=1S/C15H12ClNO/c16-13-8-6-12(7-9-13)14(10-15(17)18)11-4-2-1-3-5-11/h1-10H,(H2,17,18)/b14-10+. The number of primary amides is 1. The quantitative estimate of drug-likeness (QED) is 0.843. The number of carbonyl (C=O) groups is 1. The number of hydrogen-bond acceptors (Lipinski definition) is 1. The van der Waals surface area contributed by atoms with Gasteiger partial charge in [0.05, 0.1) is 0 Å². The van der Waals surface area contributed by atoms with E-state index in [1.165, 1.54) is 6.08 Å². The summed E-state index contributed by atoms with van der Waals surface area (Å²) in [6, 6.07) is 16.9. The Morgan fingerprint density at radius 2 is 1.50 bits per heavy atom. The molecule has 0 radical (unpaired) electrons. The molecule has 0 unspecified atom stereocenters. The molecule has 0 aromatic heterocycles. The van der Waals surface area contributed by atoms with Crippen molar-refractivity contribution in [3.8, 4) is 0 Å². The molecular formula is C15H12ClNO. The summed E-state index contributed by atoms with van der Waals surface area (Å²) in [5.74, 6) is -0.469. The number of hydrogen-bond donors (Lipinski definition) is 1. The lowest BCUT2D eigenvalue weighted by atomic mass is 9.97. The van der Waals surface area contributed by atoms with Gasteiger partial charge in [-0.05, 0) is 28.8 Å². The normalized spacial score (nSPS) is 11.3. The first-order valence-electron chi connectivity index (χ1n) is 5.49. The molecule has 1 amide bonds. The minimum absolute atomic E-state index is 0.469. The van der Waals surface area contributed by atoms with Crippen LogP contribution in [-0.4, -0.2) is 5.91 Å². The Balaban J connectivity index is 2.51. The summed E-state index contributed by atoms with van der Waals surface area (Å²) in [4.78, 5) is 11.1. The summed E-state index contributed by atoms with van der Waals surface area (Å²) in [5.41, 5.74) is 7.90. The summed E-state index contributed by atoms with van der Waals surface area (Å²) < 4.78 is 0. The third-order valence-electron chi connectivity index (χ3n) is 2.53. The van der Waals surface area contributed by atoms with Crippen LogP contribution in [0.4, 0.5) is 0 Å². The first-order valence-corrected chi connectivity index (χ1v) is 5.87. The Hall–Kier alpha value is -2.06. The SMILES string of the molecule is NC(=O)/C=C(\c1ccccc1)c1ccc(Cl)cc1.